The SMILES string of the molecule is COc1cc(NC(=O)N2C[C@H](O)C[C@@H]2C(=O)O)ccc1F. The van der Waals surface area contributed by atoms with Gasteiger partial charge in [-0.2, -0.15) is 0 Å². The Hall–Kier alpha value is -2.35. The van der Waals surface area contributed by atoms with E-state index in [9.17, 15) is 19.1 Å². The zero-order chi connectivity index (χ0) is 15.6. The lowest BCUT2D eigenvalue weighted by atomic mass is 10.2. The number of carboxylic acids is 1. The van der Waals surface area contributed by atoms with Gasteiger partial charge in [-0.25, -0.2) is 14.0 Å². The van der Waals surface area contributed by atoms with Gasteiger partial charge in [0.2, 0.25) is 0 Å². The fourth-order valence-corrected chi connectivity index (χ4v) is 2.21. The lowest BCUT2D eigenvalue weighted by molar-refractivity contribution is -0.141. The van der Waals surface area contributed by atoms with Gasteiger partial charge in [0.15, 0.2) is 11.6 Å². The van der Waals surface area contributed by atoms with Crippen molar-refractivity contribution in [2.45, 2.75) is 18.6 Å². The van der Waals surface area contributed by atoms with Crippen LogP contribution in [0.2, 0.25) is 0 Å². The molecule has 3 N–H and O–H groups in total. The van der Waals surface area contributed by atoms with Crippen LogP contribution < -0.4 is 10.1 Å². The molecule has 1 heterocycles. The summed E-state index contributed by atoms with van der Waals surface area (Å²) in [5.74, 6) is -1.79. The third-order valence-electron chi connectivity index (χ3n) is 3.23. The van der Waals surface area contributed by atoms with E-state index in [1.54, 1.807) is 0 Å². The lowest BCUT2D eigenvalue weighted by Crippen LogP contribution is -2.43. The maximum absolute atomic E-state index is 13.3. The maximum Gasteiger partial charge on any atom is 0.326 e. The molecule has 8 heteroatoms. The van der Waals surface area contributed by atoms with Crippen LogP contribution in [0.3, 0.4) is 0 Å². The average molecular weight is 298 g/mol. The Labute approximate surface area is 119 Å². The first-order chi connectivity index (χ1) is 9.92. The van der Waals surface area contributed by atoms with Crippen LogP contribution in [-0.4, -0.2) is 52.9 Å². The summed E-state index contributed by atoms with van der Waals surface area (Å²) in [6.45, 7) is -0.0683. The standard InChI is InChI=1S/C13H15FN2O5/c1-21-11-4-7(2-3-9(11)14)15-13(20)16-6-8(17)5-10(16)12(18)19/h2-4,8,10,17H,5-6H2,1H3,(H,15,20)(H,18,19)/t8-,10-/m1/s1. The predicted molar refractivity (Wildman–Crippen MR) is 70.7 cm³/mol. The van der Waals surface area contributed by atoms with Gasteiger partial charge in [0.25, 0.3) is 0 Å². The summed E-state index contributed by atoms with van der Waals surface area (Å²) >= 11 is 0. The van der Waals surface area contributed by atoms with Crippen molar-refractivity contribution in [1.82, 2.24) is 4.90 Å². The number of nitrogens with one attached hydrogen (secondary N) is 1. The number of carboxylic acid groups (broad SMARTS) is 1. The van der Waals surface area contributed by atoms with E-state index in [-0.39, 0.29) is 24.4 Å². The molecule has 114 valence electrons. The number of carbonyl (C=O) groups excluding carboxylic acids is 1. The van der Waals surface area contributed by atoms with Gasteiger partial charge in [-0.1, -0.05) is 0 Å². The van der Waals surface area contributed by atoms with Crippen molar-refractivity contribution in [2.24, 2.45) is 0 Å². The van der Waals surface area contributed by atoms with Crippen molar-refractivity contribution in [2.75, 3.05) is 19.0 Å². The van der Waals surface area contributed by atoms with Crippen molar-refractivity contribution in [3.8, 4) is 5.75 Å². The van der Waals surface area contributed by atoms with E-state index >= 15 is 0 Å². The van der Waals surface area contributed by atoms with Crippen LogP contribution in [0.4, 0.5) is 14.9 Å². The minimum absolute atomic E-state index is 0.0184. The number of aliphatic carboxylic acids is 1. The number of halogens is 1. The molecule has 0 aromatic heterocycles. The number of likely N-dealkylation sites (tertiary alicyclic amines) is 1. The summed E-state index contributed by atoms with van der Waals surface area (Å²) in [6.07, 6.45) is -0.894. The number of nitrogens with zero attached hydrogens (tertiary/aromatic N) is 1. The second-order valence-electron chi connectivity index (χ2n) is 4.68. The molecule has 7 nitrogen and oxygen atoms in total. The third kappa shape index (κ3) is 3.22. The summed E-state index contributed by atoms with van der Waals surface area (Å²) in [5.41, 5.74) is 0.267. The number of aliphatic hydroxyl groups excluding tert-OH is 1. The molecular weight excluding hydrogens is 283 g/mol. The molecule has 1 saturated heterocycles. The lowest BCUT2D eigenvalue weighted by Gasteiger charge is -2.21. The van der Waals surface area contributed by atoms with Gasteiger partial charge in [0.05, 0.1) is 13.2 Å². The molecule has 0 radical (unpaired) electrons. The van der Waals surface area contributed by atoms with E-state index in [0.717, 1.165) is 11.0 Å². The summed E-state index contributed by atoms with van der Waals surface area (Å²) in [4.78, 5) is 24.2. The van der Waals surface area contributed by atoms with Gasteiger partial charge in [-0.3, -0.25) is 0 Å². The first-order valence-electron chi connectivity index (χ1n) is 6.24. The molecule has 21 heavy (non-hydrogen) atoms. The van der Waals surface area contributed by atoms with Crippen LogP contribution in [0, 0.1) is 5.82 Å². The molecule has 1 aromatic carbocycles. The van der Waals surface area contributed by atoms with Crippen molar-refractivity contribution in [1.29, 1.82) is 0 Å². The first kappa shape index (κ1) is 15.0. The summed E-state index contributed by atoms with van der Waals surface area (Å²) in [6, 6.07) is 1.99. The molecule has 2 atom stereocenters. The van der Waals surface area contributed by atoms with Crippen LogP contribution >= 0.6 is 0 Å². The van der Waals surface area contributed by atoms with E-state index in [4.69, 9.17) is 9.84 Å². The van der Waals surface area contributed by atoms with Gasteiger partial charge in [0, 0.05) is 24.7 Å². The highest BCUT2D eigenvalue weighted by Gasteiger charge is 2.39. The monoisotopic (exact) mass is 298 g/mol. The molecule has 0 aliphatic carbocycles. The highest BCUT2D eigenvalue weighted by atomic mass is 19.1. The number of methoxy groups -OCH3 is 1. The number of β-amino-alcohol motifs (C(OH)–C–C–N with tert-alkyl or cyclic N) is 1. The van der Waals surface area contributed by atoms with Crippen molar-refractivity contribution in [3.05, 3.63) is 24.0 Å². The van der Waals surface area contributed by atoms with Gasteiger partial charge in [-0.15, -0.1) is 0 Å². The Bertz CT molecular complexity index is 565. The van der Waals surface area contributed by atoms with Gasteiger partial charge >= 0.3 is 12.0 Å². The second kappa shape index (κ2) is 5.96. The number of carbonyl (C=O) groups is 2. The Morgan fingerprint density at radius 1 is 1.48 bits per heavy atom. The summed E-state index contributed by atoms with van der Waals surface area (Å²) < 4.78 is 18.1. The number of hydrogen-bond donors (Lipinski definition) is 3. The molecule has 2 rings (SSSR count). The highest BCUT2D eigenvalue weighted by molar-refractivity contribution is 5.93. The number of hydrogen-bond acceptors (Lipinski definition) is 4. The Morgan fingerprint density at radius 3 is 2.81 bits per heavy atom. The summed E-state index contributed by atoms with van der Waals surface area (Å²) in [7, 11) is 1.29. The van der Waals surface area contributed by atoms with Crippen LogP contribution in [0.5, 0.6) is 5.75 Å². The Balaban J connectivity index is 2.12. The quantitative estimate of drug-likeness (QED) is 0.769. The van der Waals surface area contributed by atoms with Crippen LogP contribution in [0.1, 0.15) is 6.42 Å². The van der Waals surface area contributed by atoms with Gasteiger partial charge in [-0.05, 0) is 12.1 Å². The molecular formula is C13H15FN2O5. The Kier molecular flexibility index (Phi) is 4.27. The fraction of sp³-hybridized carbons (Fsp3) is 0.385. The van der Waals surface area contributed by atoms with E-state index in [1.165, 1.54) is 19.2 Å². The predicted octanol–water partition coefficient (Wildman–Crippen LogP) is 0.886. The zero-order valence-electron chi connectivity index (χ0n) is 11.2. The number of anilines is 1. The topological polar surface area (TPSA) is 99.1 Å². The highest BCUT2D eigenvalue weighted by Crippen LogP contribution is 2.23. The third-order valence-corrected chi connectivity index (χ3v) is 3.23. The number of aliphatic hydroxyl groups is 1. The smallest absolute Gasteiger partial charge is 0.326 e. The average Bonchev–Trinajstić information content (AvgIpc) is 2.83. The molecule has 1 aromatic rings. The molecule has 1 aliphatic heterocycles. The van der Waals surface area contributed by atoms with Crippen molar-refractivity contribution >= 4 is 17.7 Å². The van der Waals surface area contributed by atoms with E-state index in [2.05, 4.69) is 5.32 Å². The molecule has 0 saturated carbocycles. The Morgan fingerprint density at radius 2 is 2.19 bits per heavy atom. The normalized spacial score (nSPS) is 21.2. The second-order valence-corrected chi connectivity index (χ2v) is 4.68. The van der Waals surface area contributed by atoms with E-state index in [0.29, 0.717) is 0 Å². The number of ether oxygens (including phenoxy) is 1. The fourth-order valence-electron chi connectivity index (χ4n) is 2.21. The number of urea groups is 1. The van der Waals surface area contributed by atoms with Gasteiger partial charge < -0.3 is 25.2 Å². The van der Waals surface area contributed by atoms with E-state index < -0.39 is 30.0 Å². The number of benzene rings is 1. The van der Waals surface area contributed by atoms with Crippen LogP contribution in [0.25, 0.3) is 0 Å². The number of amides is 2. The molecule has 0 spiro atoms. The van der Waals surface area contributed by atoms with Gasteiger partial charge in [0.1, 0.15) is 6.04 Å². The summed E-state index contributed by atoms with van der Waals surface area (Å²) in [5, 5.41) is 21.0. The molecule has 0 unspecified atom stereocenters. The molecule has 0 bridgehead atoms. The zero-order valence-corrected chi connectivity index (χ0v) is 11.2. The molecule has 2 amide bonds. The van der Waals surface area contributed by atoms with Crippen LogP contribution in [0.15, 0.2) is 18.2 Å². The minimum Gasteiger partial charge on any atom is -0.494 e. The van der Waals surface area contributed by atoms with Crippen LogP contribution in [-0.2, 0) is 4.79 Å². The maximum atomic E-state index is 13.3. The van der Waals surface area contributed by atoms with Crippen molar-refractivity contribution < 1.29 is 28.9 Å². The minimum atomic E-state index is -1.18. The number of rotatable bonds is 3. The molecule has 1 aliphatic rings. The van der Waals surface area contributed by atoms with E-state index in [1.807, 2.05) is 0 Å². The first-order valence-corrected chi connectivity index (χ1v) is 6.24. The van der Waals surface area contributed by atoms with Crippen molar-refractivity contribution in [3.63, 3.8) is 0 Å². The molecule has 1 fully saturated rings. The largest absolute Gasteiger partial charge is 0.494 e.